The second kappa shape index (κ2) is 14.1. The van der Waals surface area contributed by atoms with Crippen molar-refractivity contribution in [2.45, 2.75) is 50.7 Å². The molecule has 0 bridgehead atoms. The van der Waals surface area contributed by atoms with E-state index in [0.717, 1.165) is 51.6 Å². The van der Waals surface area contributed by atoms with Crippen LogP contribution in [0.5, 0.6) is 0 Å². The van der Waals surface area contributed by atoms with Gasteiger partial charge in [0.25, 0.3) is 0 Å². The van der Waals surface area contributed by atoms with Crippen LogP contribution in [0, 0.1) is 0 Å². The lowest BCUT2D eigenvalue weighted by molar-refractivity contribution is 0.0210. The molecular formula is C32H40N2O2. The number of aliphatic hydroxyl groups is 2. The Balaban J connectivity index is 1.04. The molecule has 0 heterocycles. The predicted octanol–water partition coefficient (Wildman–Crippen LogP) is 5.24. The number of aliphatic hydroxyl groups excluding tert-OH is 2. The zero-order valence-corrected chi connectivity index (χ0v) is 21.2. The Morgan fingerprint density at radius 1 is 0.500 bits per heavy atom. The van der Waals surface area contributed by atoms with E-state index in [4.69, 9.17) is 0 Å². The van der Waals surface area contributed by atoms with Gasteiger partial charge in [-0.1, -0.05) is 84.9 Å². The largest absolute Gasteiger partial charge is 0.389 e. The van der Waals surface area contributed by atoms with E-state index in [9.17, 15) is 10.2 Å². The van der Waals surface area contributed by atoms with Gasteiger partial charge >= 0.3 is 0 Å². The minimum absolute atomic E-state index is 0.415. The Morgan fingerprint density at radius 2 is 0.917 bits per heavy atom. The topological polar surface area (TPSA) is 64.5 Å². The van der Waals surface area contributed by atoms with E-state index in [1.54, 1.807) is 0 Å². The first-order chi connectivity index (χ1) is 17.7. The third-order valence-electron chi connectivity index (χ3n) is 7.01. The van der Waals surface area contributed by atoms with Crippen molar-refractivity contribution in [3.63, 3.8) is 0 Å². The molecule has 4 rings (SSSR count). The lowest BCUT2D eigenvalue weighted by Gasteiger charge is -2.19. The Hall–Kier alpha value is -2.76. The summed E-state index contributed by atoms with van der Waals surface area (Å²) in [5, 5.41) is 32.4. The molecule has 0 aromatic heterocycles. The molecule has 0 saturated heterocycles. The van der Waals surface area contributed by atoms with Crippen molar-refractivity contribution in [3.05, 3.63) is 96.1 Å². The van der Waals surface area contributed by atoms with Gasteiger partial charge in [-0.2, -0.15) is 0 Å². The number of hydrogen-bond donors (Lipinski definition) is 4. The summed E-state index contributed by atoms with van der Waals surface area (Å²) in [7, 11) is 0. The molecule has 0 aliphatic carbocycles. The van der Waals surface area contributed by atoms with Gasteiger partial charge in [0.1, 0.15) is 0 Å². The van der Waals surface area contributed by atoms with Crippen LogP contribution in [0.1, 0.15) is 36.8 Å². The van der Waals surface area contributed by atoms with E-state index in [2.05, 4.69) is 95.6 Å². The second-order valence-electron chi connectivity index (χ2n) is 9.73. The standard InChI is InChI=1S/C32H40N2O2/c35-31(23-33-21-7-5-13-27-17-9-15-25-11-1-3-19-29(25)27)32(36)24-34-22-8-6-14-28-18-10-16-26-12-2-4-20-30(26)28/h1-4,9-12,15-20,31-36H,5-8,13-14,21-24H2. The number of unbranched alkanes of at least 4 members (excludes halogenated alkanes) is 2. The summed E-state index contributed by atoms with van der Waals surface area (Å²) in [6, 6.07) is 30.1. The Kier molecular flexibility index (Phi) is 10.3. The third kappa shape index (κ3) is 7.62. The van der Waals surface area contributed by atoms with Crippen LogP contribution in [0.3, 0.4) is 0 Å². The summed E-state index contributed by atoms with van der Waals surface area (Å²) in [5.74, 6) is 0. The van der Waals surface area contributed by atoms with Crippen LogP contribution in [-0.2, 0) is 12.8 Å². The fourth-order valence-corrected chi connectivity index (χ4v) is 4.92. The van der Waals surface area contributed by atoms with Gasteiger partial charge in [-0.25, -0.2) is 0 Å². The highest BCUT2D eigenvalue weighted by atomic mass is 16.3. The highest BCUT2D eigenvalue weighted by molar-refractivity contribution is 5.86. The molecule has 2 unspecified atom stereocenters. The van der Waals surface area contributed by atoms with Gasteiger partial charge in [-0.15, -0.1) is 0 Å². The fourth-order valence-electron chi connectivity index (χ4n) is 4.92. The van der Waals surface area contributed by atoms with Gasteiger partial charge in [0.15, 0.2) is 0 Å². The van der Waals surface area contributed by atoms with Crippen molar-refractivity contribution < 1.29 is 10.2 Å². The van der Waals surface area contributed by atoms with Gasteiger partial charge in [-0.3, -0.25) is 0 Å². The molecule has 2 atom stereocenters. The van der Waals surface area contributed by atoms with Crippen LogP contribution in [0.2, 0.25) is 0 Å². The number of rotatable bonds is 15. The van der Waals surface area contributed by atoms with Gasteiger partial charge < -0.3 is 20.8 Å². The molecule has 4 aromatic carbocycles. The molecule has 0 saturated carbocycles. The maximum atomic E-state index is 10.3. The molecule has 4 nitrogen and oxygen atoms in total. The molecule has 190 valence electrons. The van der Waals surface area contributed by atoms with E-state index in [1.807, 2.05) is 0 Å². The van der Waals surface area contributed by atoms with Crippen molar-refractivity contribution >= 4 is 21.5 Å². The maximum absolute atomic E-state index is 10.3. The van der Waals surface area contributed by atoms with E-state index in [0.29, 0.717) is 13.1 Å². The number of fused-ring (bicyclic) bond motifs is 2. The van der Waals surface area contributed by atoms with E-state index in [1.165, 1.54) is 32.7 Å². The second-order valence-corrected chi connectivity index (χ2v) is 9.73. The minimum Gasteiger partial charge on any atom is -0.389 e. The lowest BCUT2D eigenvalue weighted by atomic mass is 10.0. The van der Waals surface area contributed by atoms with Crippen molar-refractivity contribution in [2.75, 3.05) is 26.2 Å². The third-order valence-corrected chi connectivity index (χ3v) is 7.01. The summed E-state index contributed by atoms with van der Waals surface area (Å²) in [6.45, 7) is 2.52. The highest BCUT2D eigenvalue weighted by Crippen LogP contribution is 2.21. The first-order valence-electron chi connectivity index (χ1n) is 13.4. The van der Waals surface area contributed by atoms with Crippen molar-refractivity contribution in [2.24, 2.45) is 0 Å². The Labute approximate surface area is 215 Å². The summed E-state index contributed by atoms with van der Waals surface area (Å²) in [6.07, 6.45) is 4.87. The van der Waals surface area contributed by atoms with Crippen LogP contribution >= 0.6 is 0 Å². The van der Waals surface area contributed by atoms with E-state index in [-0.39, 0.29) is 0 Å². The first-order valence-corrected chi connectivity index (χ1v) is 13.4. The average Bonchev–Trinajstić information content (AvgIpc) is 2.92. The Bertz CT molecular complexity index is 1100. The van der Waals surface area contributed by atoms with Crippen molar-refractivity contribution in [1.82, 2.24) is 10.6 Å². The molecule has 0 aliphatic rings. The average molecular weight is 485 g/mol. The molecule has 4 N–H and O–H groups in total. The lowest BCUT2D eigenvalue weighted by Crippen LogP contribution is -2.42. The highest BCUT2D eigenvalue weighted by Gasteiger charge is 2.15. The summed E-state index contributed by atoms with van der Waals surface area (Å²) < 4.78 is 0. The molecule has 4 aromatic rings. The van der Waals surface area contributed by atoms with E-state index < -0.39 is 12.2 Å². The molecular weight excluding hydrogens is 444 g/mol. The Morgan fingerprint density at radius 3 is 1.39 bits per heavy atom. The van der Waals surface area contributed by atoms with Crippen LogP contribution in [-0.4, -0.2) is 48.6 Å². The van der Waals surface area contributed by atoms with Gasteiger partial charge in [0.05, 0.1) is 12.2 Å². The molecule has 36 heavy (non-hydrogen) atoms. The normalized spacial score (nSPS) is 13.3. The monoisotopic (exact) mass is 484 g/mol. The van der Waals surface area contributed by atoms with Gasteiger partial charge in [-0.05, 0) is 84.3 Å². The summed E-state index contributed by atoms with van der Waals surface area (Å²) in [4.78, 5) is 0. The zero-order valence-electron chi connectivity index (χ0n) is 21.2. The molecule has 0 fully saturated rings. The van der Waals surface area contributed by atoms with E-state index >= 15 is 0 Å². The molecule has 0 aliphatic heterocycles. The molecule has 4 heteroatoms. The maximum Gasteiger partial charge on any atom is 0.0935 e. The van der Waals surface area contributed by atoms with Crippen LogP contribution < -0.4 is 10.6 Å². The zero-order chi connectivity index (χ0) is 25.0. The number of nitrogens with one attached hydrogen (secondary N) is 2. The van der Waals surface area contributed by atoms with Crippen LogP contribution in [0.15, 0.2) is 84.9 Å². The SMILES string of the molecule is OC(CNCCCCc1cccc2ccccc12)C(O)CNCCCCc1cccc2ccccc12. The smallest absolute Gasteiger partial charge is 0.0935 e. The fraction of sp³-hybridized carbons (Fsp3) is 0.375. The molecule has 0 radical (unpaired) electrons. The first kappa shape index (κ1) is 26.3. The molecule has 0 amide bonds. The molecule has 0 spiro atoms. The number of hydrogen-bond acceptors (Lipinski definition) is 4. The van der Waals surface area contributed by atoms with Crippen LogP contribution in [0.25, 0.3) is 21.5 Å². The van der Waals surface area contributed by atoms with Crippen molar-refractivity contribution in [3.8, 4) is 0 Å². The summed E-state index contributed by atoms with van der Waals surface area (Å²) in [5.41, 5.74) is 2.79. The minimum atomic E-state index is -0.758. The van der Waals surface area contributed by atoms with Gasteiger partial charge in [0.2, 0.25) is 0 Å². The summed E-state index contributed by atoms with van der Waals surface area (Å²) >= 11 is 0. The number of benzene rings is 4. The van der Waals surface area contributed by atoms with Crippen LogP contribution in [0.4, 0.5) is 0 Å². The van der Waals surface area contributed by atoms with Crippen molar-refractivity contribution in [1.29, 1.82) is 0 Å². The quantitative estimate of drug-likeness (QED) is 0.174. The van der Waals surface area contributed by atoms with Gasteiger partial charge in [0, 0.05) is 13.1 Å². The number of aryl methyl sites for hydroxylation is 2. The predicted molar refractivity (Wildman–Crippen MR) is 152 cm³/mol.